The largest absolute Gasteiger partial charge is 0.305 e. The Morgan fingerprint density at radius 1 is 1.64 bits per heavy atom. The Morgan fingerprint density at radius 2 is 2.36 bits per heavy atom. The lowest BCUT2D eigenvalue weighted by Crippen LogP contribution is -2.18. The summed E-state index contributed by atoms with van der Waals surface area (Å²) in [6, 6.07) is 0.343. The van der Waals surface area contributed by atoms with Crippen LogP contribution in [0.5, 0.6) is 0 Å². The minimum atomic E-state index is 0.343. The van der Waals surface area contributed by atoms with Crippen molar-refractivity contribution in [2.45, 2.75) is 33.7 Å². The highest BCUT2D eigenvalue weighted by Crippen LogP contribution is 2.15. The van der Waals surface area contributed by atoms with Crippen LogP contribution in [0.3, 0.4) is 0 Å². The van der Waals surface area contributed by atoms with Crippen molar-refractivity contribution in [2.24, 2.45) is 0 Å². The highest BCUT2D eigenvalue weighted by molar-refractivity contribution is 7.09. The van der Waals surface area contributed by atoms with Crippen LogP contribution in [0.25, 0.3) is 0 Å². The van der Waals surface area contributed by atoms with Gasteiger partial charge in [-0.05, 0) is 27.7 Å². The number of rotatable bonds is 4. The van der Waals surface area contributed by atoms with Crippen LogP contribution in [0.15, 0.2) is 17.0 Å². The lowest BCUT2D eigenvalue weighted by Gasteiger charge is -2.09. The molecule has 0 aromatic carbocycles. The number of nitrogens with zero attached hydrogens (tertiary/aromatic N) is 1. The van der Waals surface area contributed by atoms with Crippen LogP contribution in [0.2, 0.25) is 0 Å². The van der Waals surface area contributed by atoms with Crippen molar-refractivity contribution < 1.29 is 0 Å². The standard InChI is InChI=1S/C11H18N2S/c1-8(2)5-6-12-9(3)11-7-14-10(4)13-11/h5,7,9,12H,6H2,1-4H3. The second kappa shape index (κ2) is 5.27. The third kappa shape index (κ3) is 3.60. The van der Waals surface area contributed by atoms with Crippen molar-refractivity contribution in [1.29, 1.82) is 0 Å². The maximum atomic E-state index is 4.44. The molecule has 0 saturated heterocycles. The van der Waals surface area contributed by atoms with Gasteiger partial charge in [0.15, 0.2) is 0 Å². The topological polar surface area (TPSA) is 24.9 Å². The van der Waals surface area contributed by atoms with Gasteiger partial charge in [-0.15, -0.1) is 11.3 Å². The van der Waals surface area contributed by atoms with E-state index in [-0.39, 0.29) is 0 Å². The number of aromatic nitrogens is 1. The van der Waals surface area contributed by atoms with Crippen molar-refractivity contribution in [2.75, 3.05) is 6.54 Å². The molecule has 0 bridgehead atoms. The molecule has 1 heterocycles. The van der Waals surface area contributed by atoms with E-state index in [2.05, 4.69) is 42.5 Å². The first-order valence-electron chi connectivity index (χ1n) is 4.88. The van der Waals surface area contributed by atoms with Crippen molar-refractivity contribution >= 4 is 11.3 Å². The second-order valence-electron chi connectivity index (χ2n) is 3.70. The minimum Gasteiger partial charge on any atom is -0.305 e. The molecule has 2 nitrogen and oxygen atoms in total. The zero-order valence-electron chi connectivity index (χ0n) is 9.29. The van der Waals surface area contributed by atoms with Gasteiger partial charge in [0.25, 0.3) is 0 Å². The van der Waals surface area contributed by atoms with E-state index in [1.165, 1.54) is 5.57 Å². The normalized spacial score (nSPS) is 12.6. The molecule has 0 fully saturated rings. The predicted octanol–water partition coefficient (Wildman–Crippen LogP) is 3.07. The summed E-state index contributed by atoms with van der Waals surface area (Å²) >= 11 is 1.71. The molecule has 0 aliphatic carbocycles. The monoisotopic (exact) mass is 210 g/mol. The Bertz CT molecular complexity index is 311. The van der Waals surface area contributed by atoms with Crippen molar-refractivity contribution in [1.82, 2.24) is 10.3 Å². The number of aryl methyl sites for hydroxylation is 1. The third-order valence-electron chi connectivity index (χ3n) is 2.01. The molecule has 3 heteroatoms. The van der Waals surface area contributed by atoms with E-state index in [1.807, 2.05) is 6.92 Å². The molecule has 1 rings (SSSR count). The molecule has 0 aliphatic rings. The summed E-state index contributed by atoms with van der Waals surface area (Å²) in [4.78, 5) is 4.44. The lowest BCUT2D eigenvalue weighted by molar-refractivity contribution is 0.602. The Kier molecular flexibility index (Phi) is 4.29. The molecule has 0 aliphatic heterocycles. The van der Waals surface area contributed by atoms with Gasteiger partial charge in [-0.3, -0.25) is 0 Å². The average Bonchev–Trinajstić information content (AvgIpc) is 2.51. The first-order valence-corrected chi connectivity index (χ1v) is 5.76. The van der Waals surface area contributed by atoms with Crippen LogP contribution in [0, 0.1) is 6.92 Å². The fraction of sp³-hybridized carbons (Fsp3) is 0.545. The van der Waals surface area contributed by atoms with Crippen molar-refractivity contribution in [3.05, 3.63) is 27.7 Å². The number of allylic oxidation sites excluding steroid dienone is 1. The van der Waals surface area contributed by atoms with Gasteiger partial charge in [0.1, 0.15) is 0 Å². The smallest absolute Gasteiger partial charge is 0.0898 e. The van der Waals surface area contributed by atoms with Crippen LogP contribution in [0.4, 0.5) is 0 Å². The van der Waals surface area contributed by atoms with Gasteiger partial charge in [-0.25, -0.2) is 4.98 Å². The third-order valence-corrected chi connectivity index (χ3v) is 2.81. The Hall–Kier alpha value is -0.670. The average molecular weight is 210 g/mol. The van der Waals surface area contributed by atoms with Crippen molar-refractivity contribution in [3.63, 3.8) is 0 Å². The number of hydrogen-bond donors (Lipinski definition) is 1. The first-order chi connectivity index (χ1) is 6.59. The molecule has 14 heavy (non-hydrogen) atoms. The fourth-order valence-electron chi connectivity index (χ4n) is 1.12. The summed E-state index contributed by atoms with van der Waals surface area (Å²) < 4.78 is 0. The molecule has 1 aromatic heterocycles. The Balaban J connectivity index is 2.43. The Labute approximate surface area is 90.1 Å². The summed E-state index contributed by atoms with van der Waals surface area (Å²) in [5, 5.41) is 6.67. The van der Waals surface area contributed by atoms with Gasteiger partial charge in [0.2, 0.25) is 0 Å². The molecule has 1 N–H and O–H groups in total. The number of thiazole rings is 1. The molecule has 1 unspecified atom stereocenters. The van der Waals surface area contributed by atoms with Gasteiger partial charge in [0.05, 0.1) is 10.7 Å². The van der Waals surface area contributed by atoms with Gasteiger partial charge in [0, 0.05) is 18.0 Å². The van der Waals surface area contributed by atoms with Crippen LogP contribution < -0.4 is 5.32 Å². The van der Waals surface area contributed by atoms with E-state index in [0.717, 1.165) is 17.2 Å². The maximum absolute atomic E-state index is 4.44. The van der Waals surface area contributed by atoms with E-state index in [1.54, 1.807) is 11.3 Å². The molecular weight excluding hydrogens is 192 g/mol. The van der Waals surface area contributed by atoms with E-state index >= 15 is 0 Å². The van der Waals surface area contributed by atoms with Gasteiger partial charge >= 0.3 is 0 Å². The van der Waals surface area contributed by atoms with Crippen LogP contribution in [-0.2, 0) is 0 Å². The summed E-state index contributed by atoms with van der Waals surface area (Å²) in [7, 11) is 0. The quantitative estimate of drug-likeness (QED) is 0.773. The maximum Gasteiger partial charge on any atom is 0.0898 e. The van der Waals surface area contributed by atoms with Gasteiger partial charge in [-0.1, -0.05) is 11.6 Å². The molecule has 0 saturated carbocycles. The van der Waals surface area contributed by atoms with Crippen LogP contribution in [-0.4, -0.2) is 11.5 Å². The second-order valence-corrected chi connectivity index (χ2v) is 4.77. The molecule has 78 valence electrons. The molecule has 1 atom stereocenters. The zero-order chi connectivity index (χ0) is 10.6. The highest BCUT2D eigenvalue weighted by Gasteiger charge is 2.06. The van der Waals surface area contributed by atoms with Crippen molar-refractivity contribution in [3.8, 4) is 0 Å². The van der Waals surface area contributed by atoms with E-state index in [4.69, 9.17) is 0 Å². The lowest BCUT2D eigenvalue weighted by atomic mass is 10.2. The summed E-state index contributed by atoms with van der Waals surface area (Å²) in [5.41, 5.74) is 2.49. The SMILES string of the molecule is CC(C)=CCNC(C)c1csc(C)n1. The van der Waals surface area contributed by atoms with Gasteiger partial charge in [-0.2, -0.15) is 0 Å². The first kappa shape index (κ1) is 11.4. The highest BCUT2D eigenvalue weighted by atomic mass is 32.1. The predicted molar refractivity (Wildman–Crippen MR) is 62.7 cm³/mol. The van der Waals surface area contributed by atoms with E-state index in [0.29, 0.717) is 6.04 Å². The molecule has 0 spiro atoms. The summed E-state index contributed by atoms with van der Waals surface area (Å²) in [6.07, 6.45) is 2.19. The van der Waals surface area contributed by atoms with E-state index in [9.17, 15) is 0 Å². The number of hydrogen-bond acceptors (Lipinski definition) is 3. The van der Waals surface area contributed by atoms with Crippen LogP contribution in [0.1, 0.15) is 37.5 Å². The van der Waals surface area contributed by atoms with Gasteiger partial charge < -0.3 is 5.32 Å². The van der Waals surface area contributed by atoms with E-state index < -0.39 is 0 Å². The minimum absolute atomic E-state index is 0.343. The summed E-state index contributed by atoms with van der Waals surface area (Å²) in [6.45, 7) is 9.32. The molecular formula is C11H18N2S. The Morgan fingerprint density at radius 3 is 2.86 bits per heavy atom. The summed E-state index contributed by atoms with van der Waals surface area (Å²) in [5.74, 6) is 0. The zero-order valence-corrected chi connectivity index (χ0v) is 10.1. The molecule has 0 amide bonds. The fourth-order valence-corrected chi connectivity index (χ4v) is 1.83. The van der Waals surface area contributed by atoms with Crippen LogP contribution >= 0.6 is 11.3 Å². The molecule has 1 aromatic rings. The number of nitrogens with one attached hydrogen (secondary N) is 1. The molecule has 0 radical (unpaired) electrons.